The second-order valence-corrected chi connectivity index (χ2v) is 10.1. The highest BCUT2D eigenvalue weighted by molar-refractivity contribution is 5.87. The van der Waals surface area contributed by atoms with Crippen LogP contribution in [0.2, 0.25) is 0 Å². The van der Waals surface area contributed by atoms with Gasteiger partial charge in [0, 0.05) is 25.2 Å². The van der Waals surface area contributed by atoms with Gasteiger partial charge in [-0.2, -0.15) is 0 Å². The van der Waals surface area contributed by atoms with Gasteiger partial charge in [0.05, 0.1) is 31.9 Å². The lowest BCUT2D eigenvalue weighted by Crippen LogP contribution is -2.65. The molecule has 3 aromatic rings. The van der Waals surface area contributed by atoms with Crippen molar-refractivity contribution in [2.45, 2.75) is 31.9 Å². The molecule has 3 aromatic carbocycles. The molecule has 0 N–H and O–H groups in total. The fourth-order valence-corrected chi connectivity index (χ4v) is 5.67. The van der Waals surface area contributed by atoms with Crippen LogP contribution in [0, 0.1) is 29.2 Å². The van der Waals surface area contributed by atoms with Crippen molar-refractivity contribution in [3.05, 3.63) is 101 Å². The maximum absolute atomic E-state index is 14.7. The van der Waals surface area contributed by atoms with Crippen LogP contribution in [-0.2, 0) is 17.7 Å². The molecule has 6 rings (SSSR count). The number of quaternary nitrogens is 1. The van der Waals surface area contributed by atoms with Crippen molar-refractivity contribution in [3.8, 4) is 0 Å². The molecular weight excluding hydrogens is 484 g/mol. The summed E-state index contributed by atoms with van der Waals surface area (Å²) in [6, 6.07) is 17.5. The molecule has 0 radical (unpaired) electrons. The van der Waals surface area contributed by atoms with E-state index in [0.717, 1.165) is 60.4 Å². The number of fused-ring (bicyclic) bond motifs is 3. The number of anilines is 1. The first-order chi connectivity index (χ1) is 17.8. The minimum Gasteiger partial charge on any atom is -0.440 e. The van der Waals surface area contributed by atoms with Crippen molar-refractivity contribution < 1.29 is 31.6 Å². The van der Waals surface area contributed by atoms with Crippen molar-refractivity contribution in [2.24, 2.45) is 5.92 Å². The first-order valence-corrected chi connectivity index (χ1v) is 12.6. The van der Waals surface area contributed by atoms with Gasteiger partial charge in [0.15, 0.2) is 23.6 Å². The Bertz CT molecular complexity index is 1240. The van der Waals surface area contributed by atoms with Gasteiger partial charge in [-0.1, -0.05) is 42.5 Å². The van der Waals surface area contributed by atoms with E-state index in [1.54, 1.807) is 6.07 Å². The topological polar surface area (TPSA) is 29.5 Å². The summed E-state index contributed by atoms with van der Waals surface area (Å²) in [6.07, 6.45) is 1.65. The Labute approximate surface area is 213 Å². The van der Waals surface area contributed by atoms with Crippen LogP contribution in [0.25, 0.3) is 0 Å². The molecule has 0 aliphatic carbocycles. The molecule has 3 heterocycles. The Hall–Kier alpha value is -3.39. The van der Waals surface area contributed by atoms with Gasteiger partial charge in [0.2, 0.25) is 0 Å². The van der Waals surface area contributed by atoms with Crippen molar-refractivity contribution >= 4 is 11.8 Å². The number of para-hydroxylation sites is 1. The lowest BCUT2D eigenvalue weighted by Gasteiger charge is -2.52. The summed E-state index contributed by atoms with van der Waals surface area (Å²) in [5.74, 6) is -4.81. The van der Waals surface area contributed by atoms with Crippen molar-refractivity contribution in [2.75, 3.05) is 31.1 Å². The Morgan fingerprint density at radius 3 is 2.19 bits per heavy atom. The molecule has 37 heavy (non-hydrogen) atoms. The molecule has 3 aliphatic rings. The van der Waals surface area contributed by atoms with E-state index < -0.39 is 29.4 Å². The van der Waals surface area contributed by atoms with Crippen LogP contribution in [-0.4, -0.2) is 42.9 Å². The quantitative estimate of drug-likeness (QED) is 0.213. The monoisotopic (exact) mass is 513 g/mol. The maximum Gasteiger partial charge on any atom is 0.415 e. The Morgan fingerprint density at radius 1 is 0.865 bits per heavy atom. The minimum absolute atomic E-state index is 0.0168. The van der Waals surface area contributed by atoms with E-state index >= 15 is 0 Å². The summed E-state index contributed by atoms with van der Waals surface area (Å²) in [6.45, 7) is 3.29. The maximum atomic E-state index is 14.7. The molecule has 2 bridgehead atoms. The second kappa shape index (κ2) is 10.5. The van der Waals surface area contributed by atoms with Crippen LogP contribution in [0.15, 0.2) is 66.7 Å². The van der Waals surface area contributed by atoms with Gasteiger partial charge in [-0.25, -0.2) is 22.4 Å². The molecule has 1 amide bonds. The minimum atomic E-state index is -1.60. The van der Waals surface area contributed by atoms with Gasteiger partial charge < -0.3 is 9.22 Å². The Morgan fingerprint density at radius 2 is 1.51 bits per heavy atom. The normalized spacial score (nSPS) is 22.6. The Kier molecular flexibility index (Phi) is 7.20. The predicted molar refractivity (Wildman–Crippen MR) is 132 cm³/mol. The fourth-order valence-electron chi connectivity index (χ4n) is 5.67. The SMILES string of the molecule is O=C(O[C@H]1C[N+]2(CCc3ccccc3)CCC1CC2)N(Cc1cc(F)c(F)c(F)c1)c1ccccc1F. The van der Waals surface area contributed by atoms with Crippen LogP contribution in [0.3, 0.4) is 0 Å². The second-order valence-electron chi connectivity index (χ2n) is 10.1. The number of ether oxygens (including phenoxy) is 1. The van der Waals surface area contributed by atoms with Crippen LogP contribution in [0.5, 0.6) is 0 Å². The molecule has 4 nitrogen and oxygen atoms in total. The lowest BCUT2D eigenvalue weighted by atomic mass is 9.83. The van der Waals surface area contributed by atoms with Gasteiger partial charge in [0.25, 0.3) is 0 Å². The first kappa shape index (κ1) is 25.3. The molecule has 0 unspecified atom stereocenters. The fraction of sp³-hybridized carbons (Fsp3) is 0.345. The number of amides is 1. The summed E-state index contributed by atoms with van der Waals surface area (Å²) in [5, 5.41) is 0. The molecule has 1 atom stereocenters. The average Bonchev–Trinajstić information content (AvgIpc) is 2.91. The molecule has 0 saturated carbocycles. The number of halogens is 4. The van der Waals surface area contributed by atoms with E-state index in [2.05, 4.69) is 12.1 Å². The van der Waals surface area contributed by atoms with Crippen molar-refractivity contribution in [1.82, 2.24) is 0 Å². The van der Waals surface area contributed by atoms with E-state index in [-0.39, 0.29) is 29.8 Å². The third kappa shape index (κ3) is 5.49. The molecule has 3 aliphatic heterocycles. The standard InChI is InChI=1S/C29H29F4N2O2/c30-23-8-4-5-9-26(23)34(18-21-16-24(31)28(33)25(32)17-21)29(36)37-27-19-35(14-11-22(27)12-15-35)13-10-20-6-2-1-3-7-20/h1-9,16-17,22,27H,10-15,18-19H2/q+1/t22?,27-,35?/m0/s1. The number of carbonyl (C=O) groups is 1. The number of hydrogen-bond acceptors (Lipinski definition) is 2. The van der Waals surface area contributed by atoms with Crippen LogP contribution in [0.4, 0.5) is 28.0 Å². The zero-order valence-electron chi connectivity index (χ0n) is 20.4. The summed E-state index contributed by atoms with van der Waals surface area (Å²) in [5.41, 5.74) is 1.17. The highest BCUT2D eigenvalue weighted by Crippen LogP contribution is 2.36. The van der Waals surface area contributed by atoms with Crippen LogP contribution < -0.4 is 4.90 Å². The Balaban J connectivity index is 1.34. The molecule has 3 saturated heterocycles. The van der Waals surface area contributed by atoms with E-state index in [1.165, 1.54) is 23.8 Å². The number of piperidine rings is 3. The molecule has 0 aromatic heterocycles. The number of rotatable bonds is 7. The van der Waals surface area contributed by atoms with Crippen molar-refractivity contribution in [1.29, 1.82) is 0 Å². The van der Waals surface area contributed by atoms with Gasteiger partial charge >= 0.3 is 6.09 Å². The summed E-state index contributed by atoms with van der Waals surface area (Å²) in [4.78, 5) is 14.5. The largest absolute Gasteiger partial charge is 0.440 e. The average molecular weight is 514 g/mol. The third-order valence-corrected chi connectivity index (χ3v) is 7.76. The number of carbonyl (C=O) groups excluding carboxylic acids is 1. The van der Waals surface area contributed by atoms with Gasteiger partial charge in [-0.3, -0.25) is 4.90 Å². The molecule has 0 spiro atoms. The van der Waals surface area contributed by atoms with E-state index in [4.69, 9.17) is 4.74 Å². The smallest absolute Gasteiger partial charge is 0.415 e. The number of hydrogen-bond donors (Lipinski definition) is 0. The predicted octanol–water partition coefficient (Wildman–Crippen LogP) is 6.24. The third-order valence-electron chi connectivity index (χ3n) is 7.76. The van der Waals surface area contributed by atoms with Gasteiger partial charge in [-0.05, 0) is 35.4 Å². The highest BCUT2D eigenvalue weighted by atomic mass is 19.2. The van der Waals surface area contributed by atoms with E-state index in [0.29, 0.717) is 6.54 Å². The zero-order valence-corrected chi connectivity index (χ0v) is 20.4. The van der Waals surface area contributed by atoms with E-state index in [9.17, 15) is 22.4 Å². The van der Waals surface area contributed by atoms with Crippen LogP contribution >= 0.6 is 0 Å². The molecule has 194 valence electrons. The van der Waals surface area contributed by atoms with Gasteiger partial charge in [0.1, 0.15) is 12.4 Å². The zero-order chi connectivity index (χ0) is 26.0. The molecule has 3 fully saturated rings. The highest BCUT2D eigenvalue weighted by Gasteiger charge is 2.47. The molecule has 8 heteroatoms. The van der Waals surface area contributed by atoms with Crippen LogP contribution in [0.1, 0.15) is 24.0 Å². The lowest BCUT2D eigenvalue weighted by molar-refractivity contribution is -0.945. The van der Waals surface area contributed by atoms with E-state index in [1.807, 2.05) is 18.2 Å². The molecular formula is C29H29F4N2O2+. The van der Waals surface area contributed by atoms with Gasteiger partial charge in [-0.15, -0.1) is 0 Å². The number of nitrogens with zero attached hydrogens (tertiary/aromatic N) is 2. The number of benzene rings is 3. The summed E-state index contributed by atoms with van der Waals surface area (Å²) in [7, 11) is 0. The summed E-state index contributed by atoms with van der Waals surface area (Å²) >= 11 is 0. The summed E-state index contributed by atoms with van der Waals surface area (Å²) < 4.78 is 62.7. The van der Waals surface area contributed by atoms with Crippen molar-refractivity contribution in [3.63, 3.8) is 0 Å². The first-order valence-electron chi connectivity index (χ1n) is 12.6.